The van der Waals surface area contributed by atoms with Crippen molar-refractivity contribution in [2.45, 2.75) is 20.4 Å². The molecule has 0 aliphatic carbocycles. The summed E-state index contributed by atoms with van der Waals surface area (Å²) >= 11 is 1.24. The molecule has 4 rings (SSSR count). The van der Waals surface area contributed by atoms with Crippen LogP contribution in [0.3, 0.4) is 0 Å². The number of nitrogens with one attached hydrogen (secondary N) is 2. The van der Waals surface area contributed by atoms with Gasteiger partial charge in [-0.3, -0.25) is 19.3 Å². The third-order valence-corrected chi connectivity index (χ3v) is 5.21. The SMILES string of the molecule is Cc1ccc(-n2c(=O)c3sccc3n(CC(=O)Nc3cc(C)[nH]n3)c2=O)cc1. The van der Waals surface area contributed by atoms with Crippen molar-refractivity contribution in [1.29, 1.82) is 0 Å². The highest BCUT2D eigenvalue weighted by atomic mass is 32.1. The molecule has 0 radical (unpaired) electrons. The van der Waals surface area contributed by atoms with Gasteiger partial charge in [-0.1, -0.05) is 17.7 Å². The Bertz CT molecular complexity index is 1290. The first-order chi connectivity index (χ1) is 13.4. The van der Waals surface area contributed by atoms with Gasteiger partial charge in [0.05, 0.1) is 11.2 Å². The van der Waals surface area contributed by atoms with Gasteiger partial charge < -0.3 is 5.32 Å². The van der Waals surface area contributed by atoms with Gasteiger partial charge in [0, 0.05) is 11.8 Å². The molecule has 0 saturated carbocycles. The van der Waals surface area contributed by atoms with Crippen LogP contribution in [-0.2, 0) is 11.3 Å². The molecule has 3 heterocycles. The van der Waals surface area contributed by atoms with E-state index < -0.39 is 17.2 Å². The zero-order valence-corrected chi connectivity index (χ0v) is 16.0. The summed E-state index contributed by atoms with van der Waals surface area (Å²) in [6.45, 7) is 3.51. The minimum atomic E-state index is -0.562. The van der Waals surface area contributed by atoms with Gasteiger partial charge in [0.25, 0.3) is 5.56 Å². The fraction of sp³-hybridized carbons (Fsp3) is 0.158. The van der Waals surface area contributed by atoms with E-state index in [-0.39, 0.29) is 6.54 Å². The van der Waals surface area contributed by atoms with Crippen molar-refractivity contribution in [1.82, 2.24) is 19.3 Å². The molecule has 0 saturated heterocycles. The van der Waals surface area contributed by atoms with Gasteiger partial charge in [-0.25, -0.2) is 9.36 Å². The molecular formula is C19H17N5O3S. The van der Waals surface area contributed by atoms with E-state index in [1.165, 1.54) is 15.9 Å². The molecule has 0 aliphatic rings. The minimum absolute atomic E-state index is 0.232. The summed E-state index contributed by atoms with van der Waals surface area (Å²) in [6.07, 6.45) is 0. The van der Waals surface area contributed by atoms with E-state index in [9.17, 15) is 14.4 Å². The highest BCUT2D eigenvalue weighted by molar-refractivity contribution is 7.17. The fourth-order valence-electron chi connectivity index (χ4n) is 2.97. The van der Waals surface area contributed by atoms with Crippen LogP contribution in [-0.4, -0.2) is 25.2 Å². The summed E-state index contributed by atoms with van der Waals surface area (Å²) in [6, 6.07) is 10.5. The molecule has 0 bridgehead atoms. The molecule has 3 aromatic heterocycles. The Morgan fingerprint density at radius 2 is 1.93 bits per heavy atom. The average molecular weight is 395 g/mol. The minimum Gasteiger partial charge on any atom is -0.308 e. The van der Waals surface area contributed by atoms with Gasteiger partial charge in [0.15, 0.2) is 5.82 Å². The van der Waals surface area contributed by atoms with Gasteiger partial charge in [0.1, 0.15) is 11.2 Å². The lowest BCUT2D eigenvalue weighted by atomic mass is 10.2. The molecule has 2 N–H and O–H groups in total. The Morgan fingerprint density at radius 1 is 1.18 bits per heavy atom. The molecule has 0 aliphatic heterocycles. The number of aryl methyl sites for hydroxylation is 2. The second kappa shape index (κ2) is 6.93. The molecule has 0 spiro atoms. The van der Waals surface area contributed by atoms with Crippen molar-refractivity contribution in [3.8, 4) is 5.69 Å². The molecule has 0 atom stereocenters. The number of aromatic nitrogens is 4. The topological polar surface area (TPSA) is 102 Å². The molecule has 0 fully saturated rings. The largest absolute Gasteiger partial charge is 0.336 e. The summed E-state index contributed by atoms with van der Waals surface area (Å²) in [5.41, 5.74) is 1.78. The Labute approximate surface area is 163 Å². The second-order valence-corrected chi connectivity index (χ2v) is 7.38. The van der Waals surface area contributed by atoms with Crippen molar-refractivity contribution in [3.63, 3.8) is 0 Å². The summed E-state index contributed by atoms with van der Waals surface area (Å²) in [5, 5.41) is 11.1. The molecule has 4 aromatic rings. The quantitative estimate of drug-likeness (QED) is 0.553. The number of thiophene rings is 1. The van der Waals surface area contributed by atoms with Crippen LogP contribution in [0.2, 0.25) is 0 Å². The number of carbonyl (C=O) groups is 1. The smallest absolute Gasteiger partial charge is 0.308 e. The first-order valence-electron chi connectivity index (χ1n) is 8.56. The average Bonchev–Trinajstić information content (AvgIpc) is 3.29. The predicted molar refractivity (Wildman–Crippen MR) is 108 cm³/mol. The fourth-order valence-corrected chi connectivity index (χ4v) is 3.79. The normalized spacial score (nSPS) is 11.1. The maximum Gasteiger partial charge on any atom is 0.336 e. The highest BCUT2D eigenvalue weighted by Crippen LogP contribution is 2.17. The number of carbonyl (C=O) groups excluding carboxylic acids is 1. The van der Waals surface area contributed by atoms with E-state index >= 15 is 0 Å². The number of benzene rings is 1. The van der Waals surface area contributed by atoms with E-state index in [0.717, 1.165) is 15.8 Å². The van der Waals surface area contributed by atoms with Crippen molar-refractivity contribution in [2.75, 3.05) is 5.32 Å². The van der Waals surface area contributed by atoms with Crippen molar-refractivity contribution >= 4 is 33.3 Å². The number of hydrogen-bond acceptors (Lipinski definition) is 5. The van der Waals surface area contributed by atoms with Crippen LogP contribution in [0.15, 0.2) is 51.4 Å². The van der Waals surface area contributed by atoms with Crippen LogP contribution >= 0.6 is 11.3 Å². The van der Waals surface area contributed by atoms with Crippen LogP contribution in [0, 0.1) is 13.8 Å². The number of amides is 1. The standard InChI is InChI=1S/C19H17N5O3S/c1-11-3-5-13(6-4-11)24-18(26)17-14(7-8-28-17)23(19(24)27)10-16(25)20-15-9-12(2)21-22-15/h3-9H,10H2,1-2H3,(H2,20,21,22,25). The lowest BCUT2D eigenvalue weighted by molar-refractivity contribution is -0.116. The number of nitrogens with zero attached hydrogens (tertiary/aromatic N) is 3. The Hall–Kier alpha value is -3.46. The second-order valence-electron chi connectivity index (χ2n) is 6.46. The number of fused-ring (bicyclic) bond motifs is 1. The van der Waals surface area contributed by atoms with Gasteiger partial charge in [-0.05, 0) is 37.4 Å². The van der Waals surface area contributed by atoms with Crippen LogP contribution in [0.5, 0.6) is 0 Å². The van der Waals surface area contributed by atoms with Gasteiger partial charge in [0.2, 0.25) is 5.91 Å². The predicted octanol–water partition coefficient (Wildman–Crippen LogP) is 2.19. The lowest BCUT2D eigenvalue weighted by Crippen LogP contribution is -2.40. The molecule has 28 heavy (non-hydrogen) atoms. The van der Waals surface area contributed by atoms with Gasteiger partial charge in [-0.2, -0.15) is 5.10 Å². The Morgan fingerprint density at radius 3 is 2.61 bits per heavy atom. The maximum atomic E-state index is 13.1. The monoisotopic (exact) mass is 395 g/mol. The van der Waals surface area contributed by atoms with Crippen LogP contribution < -0.4 is 16.6 Å². The van der Waals surface area contributed by atoms with E-state index in [0.29, 0.717) is 21.7 Å². The third-order valence-electron chi connectivity index (χ3n) is 4.32. The molecule has 8 nitrogen and oxygen atoms in total. The zero-order valence-electron chi connectivity index (χ0n) is 15.2. The molecule has 1 amide bonds. The summed E-state index contributed by atoms with van der Waals surface area (Å²) in [5.74, 6) is -0.0285. The number of hydrogen-bond donors (Lipinski definition) is 2. The number of aromatic amines is 1. The molecule has 142 valence electrons. The van der Waals surface area contributed by atoms with E-state index in [2.05, 4.69) is 15.5 Å². The number of H-pyrrole nitrogens is 1. The third kappa shape index (κ3) is 3.16. The highest BCUT2D eigenvalue weighted by Gasteiger charge is 2.18. The van der Waals surface area contributed by atoms with Gasteiger partial charge >= 0.3 is 5.69 Å². The molecule has 9 heteroatoms. The zero-order chi connectivity index (χ0) is 19.8. The van der Waals surface area contributed by atoms with Crippen molar-refractivity contribution < 1.29 is 4.79 Å². The Kier molecular flexibility index (Phi) is 4.44. The number of anilines is 1. The van der Waals surface area contributed by atoms with Crippen molar-refractivity contribution in [3.05, 3.63) is 73.9 Å². The summed E-state index contributed by atoms with van der Waals surface area (Å²) in [4.78, 5) is 38.5. The van der Waals surface area contributed by atoms with Gasteiger partial charge in [-0.15, -0.1) is 11.3 Å². The Balaban J connectivity index is 1.80. The maximum absolute atomic E-state index is 13.1. The van der Waals surface area contributed by atoms with E-state index in [1.54, 1.807) is 29.6 Å². The first-order valence-corrected chi connectivity index (χ1v) is 9.44. The summed E-state index contributed by atoms with van der Waals surface area (Å²) < 4.78 is 2.83. The van der Waals surface area contributed by atoms with Crippen molar-refractivity contribution in [2.24, 2.45) is 0 Å². The molecule has 0 unspecified atom stereocenters. The van der Waals surface area contributed by atoms with E-state index in [4.69, 9.17) is 0 Å². The summed E-state index contributed by atoms with van der Waals surface area (Å²) in [7, 11) is 0. The van der Waals surface area contributed by atoms with Crippen LogP contribution in [0.1, 0.15) is 11.3 Å². The van der Waals surface area contributed by atoms with Crippen LogP contribution in [0.4, 0.5) is 5.82 Å². The first kappa shape index (κ1) is 17.9. The molecular weight excluding hydrogens is 378 g/mol. The lowest BCUT2D eigenvalue weighted by Gasteiger charge is -2.12. The molecule has 1 aromatic carbocycles. The van der Waals surface area contributed by atoms with E-state index in [1.807, 2.05) is 26.0 Å². The van der Waals surface area contributed by atoms with Crippen LogP contribution in [0.25, 0.3) is 15.9 Å². The number of rotatable bonds is 4.